The molecule has 0 aliphatic rings. The largest absolute Gasteiger partial charge is 0.726 e. The minimum atomic E-state index is -4.92. The molecule has 0 saturated heterocycles. The van der Waals surface area contributed by atoms with Gasteiger partial charge in [-0.1, -0.05) is 0 Å². The molecule has 0 saturated carbocycles. The van der Waals surface area contributed by atoms with Gasteiger partial charge in [0.1, 0.15) is 18.8 Å². The molecule has 0 aliphatic carbocycles. The lowest BCUT2D eigenvalue weighted by molar-refractivity contribution is 0.366. The molecular weight excluding hydrogens is 180 g/mol. The molecule has 0 aromatic rings. The summed E-state index contributed by atoms with van der Waals surface area (Å²) in [6.07, 6.45) is 5.15. The molecule has 0 amide bonds. The lowest BCUT2D eigenvalue weighted by atomic mass is 11.9. The molecule has 0 aromatic heterocycles. The van der Waals surface area contributed by atoms with Crippen LogP contribution in [0.2, 0.25) is 0 Å². The van der Waals surface area contributed by atoms with Crippen molar-refractivity contribution in [1.29, 1.82) is 0 Å². The Morgan fingerprint density at radius 1 is 1.30 bits per heavy atom. The van der Waals surface area contributed by atoms with Gasteiger partial charge in [0.15, 0.2) is 0 Å². The predicted molar refractivity (Wildman–Crippen MR) is 38.1 cm³/mol. The average molecular weight is 190 g/mol. The van der Waals surface area contributed by atoms with Crippen molar-refractivity contribution >= 4 is 20.3 Å². The molecule has 0 unspecified atom stereocenters. The second kappa shape index (κ2) is 4.02. The minimum absolute atomic E-state index is 1.42. The smallest absolute Gasteiger partial charge is 0.215 e. The molecule has 0 spiro atoms. The quantitative estimate of drug-likeness (QED) is 0.312. The van der Waals surface area contributed by atoms with Crippen LogP contribution in [0.15, 0.2) is 0 Å². The molecule has 0 rings (SSSR count). The standard InChI is InChI=1S/C3H9OS.H2O4S/c2*1-5(2,3)4/h1-3H3;(H2,1,2,3,4)/q+1;/p-1. The van der Waals surface area contributed by atoms with E-state index in [0.717, 1.165) is 0 Å². The van der Waals surface area contributed by atoms with E-state index in [2.05, 4.69) is 0 Å². The van der Waals surface area contributed by atoms with Gasteiger partial charge in [-0.25, -0.2) is 8.42 Å². The maximum Gasteiger partial charge on any atom is 0.215 e. The second-order valence-electron chi connectivity index (χ2n) is 2.15. The SMILES string of the molecule is C[S+](C)(C)=O.O=S(=O)([O-])O. The summed E-state index contributed by atoms with van der Waals surface area (Å²) in [7, 11) is -6.33. The Morgan fingerprint density at radius 3 is 1.30 bits per heavy atom. The Balaban J connectivity index is 0. The average Bonchev–Trinajstić information content (AvgIpc) is 1.12. The summed E-state index contributed by atoms with van der Waals surface area (Å²) in [5, 5.41) is 0. The number of hydrogen-bond acceptors (Lipinski definition) is 4. The zero-order chi connectivity index (χ0) is 9.00. The van der Waals surface area contributed by atoms with Crippen molar-refractivity contribution < 1.29 is 21.7 Å². The Labute approximate surface area is 61.4 Å². The van der Waals surface area contributed by atoms with E-state index < -0.39 is 20.3 Å². The third kappa shape index (κ3) is 988000. The normalized spacial score (nSPS) is 11.7. The van der Waals surface area contributed by atoms with E-state index in [1.54, 1.807) is 18.8 Å². The first-order chi connectivity index (χ1) is 4.00. The first-order valence-electron chi connectivity index (χ1n) is 2.07. The van der Waals surface area contributed by atoms with Crippen molar-refractivity contribution in [3.63, 3.8) is 0 Å². The predicted octanol–water partition coefficient (Wildman–Crippen LogP) is -0.620. The summed E-state index contributed by atoms with van der Waals surface area (Å²) in [6, 6.07) is 0. The van der Waals surface area contributed by atoms with Crippen molar-refractivity contribution in [3.05, 3.63) is 0 Å². The highest BCUT2D eigenvalue weighted by Crippen LogP contribution is 1.78. The highest BCUT2D eigenvalue weighted by molar-refractivity contribution is 8.00. The molecule has 0 bridgehead atoms. The van der Waals surface area contributed by atoms with Gasteiger partial charge < -0.3 is 4.55 Å². The summed E-state index contributed by atoms with van der Waals surface area (Å²) in [4.78, 5) is 0. The van der Waals surface area contributed by atoms with Gasteiger partial charge in [-0.05, 0) is 0 Å². The molecule has 0 aliphatic heterocycles. The van der Waals surface area contributed by atoms with E-state index in [1.807, 2.05) is 0 Å². The van der Waals surface area contributed by atoms with Crippen molar-refractivity contribution in [2.75, 3.05) is 18.8 Å². The van der Waals surface area contributed by atoms with Crippen LogP contribution < -0.4 is 0 Å². The molecule has 7 heteroatoms. The second-order valence-corrected chi connectivity index (χ2v) is 6.46. The molecule has 0 aromatic carbocycles. The third-order valence-electron chi connectivity index (χ3n) is 0. The van der Waals surface area contributed by atoms with Crippen LogP contribution in [0.4, 0.5) is 0 Å². The van der Waals surface area contributed by atoms with Crippen LogP contribution in [-0.4, -0.2) is 36.3 Å². The van der Waals surface area contributed by atoms with Gasteiger partial charge in [0.2, 0.25) is 10.4 Å². The highest BCUT2D eigenvalue weighted by atomic mass is 32.3. The topological polar surface area (TPSA) is 94.5 Å². The van der Waals surface area contributed by atoms with E-state index >= 15 is 0 Å². The fraction of sp³-hybridized carbons (Fsp3) is 1.00. The first kappa shape index (κ1) is 12.7. The molecule has 64 valence electrons. The Kier molecular flexibility index (Phi) is 5.09. The summed E-state index contributed by atoms with van der Waals surface area (Å²) >= 11 is 0. The number of rotatable bonds is 0. The van der Waals surface area contributed by atoms with Crippen molar-refractivity contribution in [2.24, 2.45) is 0 Å². The van der Waals surface area contributed by atoms with Crippen LogP contribution in [0.5, 0.6) is 0 Å². The van der Waals surface area contributed by atoms with Crippen molar-refractivity contribution in [3.8, 4) is 0 Å². The van der Waals surface area contributed by atoms with Crippen molar-refractivity contribution in [1.82, 2.24) is 0 Å². The molecular formula is C3H10O5S2. The van der Waals surface area contributed by atoms with Gasteiger partial charge >= 0.3 is 0 Å². The minimum Gasteiger partial charge on any atom is -0.726 e. The maximum absolute atomic E-state index is 10.2. The first-order valence-corrected chi connectivity index (χ1v) is 6.22. The van der Waals surface area contributed by atoms with Gasteiger partial charge in [0, 0.05) is 0 Å². The van der Waals surface area contributed by atoms with Crippen LogP contribution in [0.1, 0.15) is 0 Å². The van der Waals surface area contributed by atoms with Crippen molar-refractivity contribution in [2.45, 2.75) is 0 Å². The summed E-state index contributed by atoms with van der Waals surface area (Å²) in [6.45, 7) is 0. The summed E-state index contributed by atoms with van der Waals surface area (Å²) in [5.74, 6) is 0. The maximum atomic E-state index is 10.2. The molecule has 0 heterocycles. The number of hydrogen-bond donors (Lipinski definition) is 1. The van der Waals surface area contributed by atoms with Gasteiger partial charge in [-0.15, -0.1) is 4.21 Å². The third-order valence-corrected chi connectivity index (χ3v) is 0. The summed E-state index contributed by atoms with van der Waals surface area (Å²) in [5.41, 5.74) is 0. The molecule has 1 N–H and O–H groups in total. The monoisotopic (exact) mass is 190 g/mol. The molecule has 10 heavy (non-hydrogen) atoms. The van der Waals surface area contributed by atoms with E-state index in [9.17, 15) is 4.21 Å². The zero-order valence-corrected chi connectivity index (χ0v) is 7.53. The van der Waals surface area contributed by atoms with E-state index in [-0.39, 0.29) is 0 Å². The van der Waals surface area contributed by atoms with Gasteiger partial charge in [0.25, 0.3) is 0 Å². The van der Waals surface area contributed by atoms with Gasteiger partial charge in [0.05, 0.1) is 9.93 Å². The van der Waals surface area contributed by atoms with Crippen LogP contribution in [0.3, 0.4) is 0 Å². The van der Waals surface area contributed by atoms with Gasteiger partial charge in [-0.3, -0.25) is 4.55 Å². The lowest BCUT2D eigenvalue weighted by Gasteiger charge is -1.88. The molecule has 0 radical (unpaired) electrons. The molecule has 0 atom stereocenters. The van der Waals surface area contributed by atoms with Gasteiger partial charge in [-0.2, -0.15) is 0 Å². The Bertz CT molecular complexity index is 193. The van der Waals surface area contributed by atoms with Crippen LogP contribution in [-0.2, 0) is 24.5 Å². The Morgan fingerprint density at radius 2 is 1.30 bits per heavy atom. The van der Waals surface area contributed by atoms with Crippen LogP contribution >= 0.6 is 0 Å². The fourth-order valence-electron chi connectivity index (χ4n) is 0. The van der Waals surface area contributed by atoms with E-state index in [4.69, 9.17) is 17.5 Å². The molecule has 0 fully saturated rings. The highest BCUT2D eigenvalue weighted by Gasteiger charge is 1.95. The Hall–Kier alpha value is 0.0200. The lowest BCUT2D eigenvalue weighted by Crippen LogP contribution is -1.97. The van der Waals surface area contributed by atoms with Crippen LogP contribution in [0, 0.1) is 0 Å². The zero-order valence-electron chi connectivity index (χ0n) is 5.90. The van der Waals surface area contributed by atoms with E-state index in [1.165, 1.54) is 0 Å². The van der Waals surface area contributed by atoms with Crippen LogP contribution in [0.25, 0.3) is 0 Å². The summed E-state index contributed by atoms with van der Waals surface area (Å²) < 4.78 is 43.0. The molecule has 5 nitrogen and oxygen atoms in total. The fourth-order valence-corrected chi connectivity index (χ4v) is 0. The van der Waals surface area contributed by atoms with E-state index in [0.29, 0.717) is 0 Å².